The third-order valence-corrected chi connectivity index (χ3v) is 3.54. The van der Waals surface area contributed by atoms with E-state index in [0.29, 0.717) is 25.2 Å². The highest BCUT2D eigenvalue weighted by Gasteiger charge is 2.29. The summed E-state index contributed by atoms with van der Waals surface area (Å²) in [7, 11) is 1.88. The molecule has 0 unspecified atom stereocenters. The molecule has 1 aliphatic heterocycles. The van der Waals surface area contributed by atoms with Gasteiger partial charge in [-0.3, -0.25) is 9.69 Å². The third-order valence-electron chi connectivity index (χ3n) is 3.54. The van der Waals surface area contributed by atoms with E-state index in [1.54, 1.807) is 13.8 Å². The summed E-state index contributed by atoms with van der Waals surface area (Å²) in [5, 5.41) is 9.75. The van der Waals surface area contributed by atoms with Crippen molar-refractivity contribution in [3.63, 3.8) is 0 Å². The second-order valence-electron chi connectivity index (χ2n) is 6.41. The van der Waals surface area contributed by atoms with Crippen LogP contribution in [-0.4, -0.2) is 58.6 Å². The first-order valence-corrected chi connectivity index (χ1v) is 6.93. The zero-order valence-corrected chi connectivity index (χ0v) is 12.4. The predicted molar refractivity (Wildman–Crippen MR) is 73.4 cm³/mol. The minimum absolute atomic E-state index is 0.182. The van der Waals surface area contributed by atoms with Crippen LogP contribution in [0.1, 0.15) is 47.0 Å². The Kier molecular flexibility index (Phi) is 5.17. The van der Waals surface area contributed by atoms with Crippen molar-refractivity contribution in [3.05, 3.63) is 0 Å². The summed E-state index contributed by atoms with van der Waals surface area (Å²) in [6.07, 6.45) is 3.42. The number of nitrogens with zero attached hydrogens (tertiary/aromatic N) is 2. The Morgan fingerprint density at radius 2 is 1.83 bits per heavy atom. The van der Waals surface area contributed by atoms with Crippen LogP contribution < -0.4 is 0 Å². The summed E-state index contributed by atoms with van der Waals surface area (Å²) in [5.74, 6) is 0.182. The highest BCUT2D eigenvalue weighted by atomic mass is 16.3. The Morgan fingerprint density at radius 3 is 2.28 bits per heavy atom. The van der Waals surface area contributed by atoms with Gasteiger partial charge in [0.15, 0.2) is 0 Å². The van der Waals surface area contributed by atoms with Gasteiger partial charge < -0.3 is 10.0 Å². The molecular formula is C14H28N2O2. The Morgan fingerprint density at radius 1 is 1.33 bits per heavy atom. The van der Waals surface area contributed by atoms with Gasteiger partial charge in [-0.15, -0.1) is 0 Å². The molecule has 0 saturated carbocycles. The molecule has 0 spiro atoms. The van der Waals surface area contributed by atoms with Gasteiger partial charge in [-0.2, -0.15) is 0 Å². The zero-order valence-electron chi connectivity index (χ0n) is 12.4. The number of piperidine rings is 1. The van der Waals surface area contributed by atoms with Crippen molar-refractivity contribution in [2.45, 2.75) is 64.6 Å². The lowest BCUT2D eigenvalue weighted by Crippen LogP contribution is -2.51. The second-order valence-corrected chi connectivity index (χ2v) is 6.41. The van der Waals surface area contributed by atoms with Crippen molar-refractivity contribution in [2.24, 2.45) is 0 Å². The average molecular weight is 256 g/mol. The third kappa shape index (κ3) is 4.58. The highest BCUT2D eigenvalue weighted by Crippen LogP contribution is 2.22. The molecule has 0 aliphatic carbocycles. The lowest BCUT2D eigenvalue weighted by atomic mass is 9.97. The molecule has 1 amide bonds. The number of likely N-dealkylation sites (tertiary alicyclic amines) is 1. The maximum absolute atomic E-state index is 12.3. The SMILES string of the molecule is C[C@H]1CCC[C@H](C)N1C(=O)CN(C)CC(C)(C)O. The number of aliphatic hydroxyl groups is 1. The minimum atomic E-state index is -0.756. The summed E-state index contributed by atoms with van der Waals surface area (Å²) in [6.45, 7) is 8.68. The number of carbonyl (C=O) groups excluding carboxylic acids is 1. The van der Waals surface area contributed by atoms with E-state index in [1.165, 1.54) is 6.42 Å². The van der Waals surface area contributed by atoms with Gasteiger partial charge in [0, 0.05) is 18.6 Å². The summed E-state index contributed by atoms with van der Waals surface area (Å²) in [4.78, 5) is 16.2. The largest absolute Gasteiger partial charge is 0.389 e. The van der Waals surface area contributed by atoms with Crippen molar-refractivity contribution in [1.29, 1.82) is 0 Å². The number of carbonyl (C=O) groups is 1. The molecule has 0 radical (unpaired) electrons. The molecule has 1 aliphatic rings. The van der Waals surface area contributed by atoms with Crippen LogP contribution in [0.4, 0.5) is 0 Å². The lowest BCUT2D eigenvalue weighted by Gasteiger charge is -2.40. The zero-order chi connectivity index (χ0) is 13.9. The number of amides is 1. The van der Waals surface area contributed by atoms with Gasteiger partial charge in [-0.25, -0.2) is 0 Å². The maximum atomic E-state index is 12.3. The average Bonchev–Trinajstić information content (AvgIpc) is 2.13. The monoisotopic (exact) mass is 256 g/mol. The van der Waals surface area contributed by atoms with Crippen molar-refractivity contribution in [3.8, 4) is 0 Å². The van der Waals surface area contributed by atoms with Gasteiger partial charge in [0.2, 0.25) is 5.91 Å². The molecule has 4 heteroatoms. The molecule has 1 N–H and O–H groups in total. The van der Waals surface area contributed by atoms with Crippen molar-refractivity contribution in [1.82, 2.24) is 9.80 Å². The van der Waals surface area contributed by atoms with E-state index >= 15 is 0 Å². The maximum Gasteiger partial charge on any atom is 0.237 e. The molecule has 106 valence electrons. The van der Waals surface area contributed by atoms with Gasteiger partial charge in [-0.1, -0.05) is 0 Å². The molecule has 2 atom stereocenters. The predicted octanol–water partition coefficient (Wildman–Crippen LogP) is 1.48. The molecule has 0 aromatic heterocycles. The van der Waals surface area contributed by atoms with E-state index < -0.39 is 5.60 Å². The molecular weight excluding hydrogens is 228 g/mol. The van der Waals surface area contributed by atoms with E-state index in [9.17, 15) is 9.90 Å². The molecule has 0 aromatic carbocycles. The van der Waals surface area contributed by atoms with Crippen LogP contribution in [-0.2, 0) is 4.79 Å². The Labute approximate surface area is 111 Å². The first kappa shape index (κ1) is 15.4. The van der Waals surface area contributed by atoms with Gasteiger partial charge >= 0.3 is 0 Å². The Hall–Kier alpha value is -0.610. The number of hydrogen-bond acceptors (Lipinski definition) is 3. The molecule has 18 heavy (non-hydrogen) atoms. The number of hydrogen-bond donors (Lipinski definition) is 1. The van der Waals surface area contributed by atoms with Crippen LogP contribution in [0.25, 0.3) is 0 Å². The number of rotatable bonds is 4. The van der Waals surface area contributed by atoms with E-state index in [2.05, 4.69) is 13.8 Å². The molecule has 4 nitrogen and oxygen atoms in total. The van der Waals surface area contributed by atoms with Gasteiger partial charge in [0.05, 0.1) is 12.1 Å². The highest BCUT2D eigenvalue weighted by molar-refractivity contribution is 5.79. The van der Waals surface area contributed by atoms with E-state index in [0.717, 1.165) is 12.8 Å². The Balaban J connectivity index is 2.53. The van der Waals surface area contributed by atoms with E-state index in [1.807, 2.05) is 16.8 Å². The molecule has 1 heterocycles. The fraction of sp³-hybridized carbons (Fsp3) is 0.929. The van der Waals surface area contributed by atoms with E-state index in [4.69, 9.17) is 0 Å². The van der Waals surface area contributed by atoms with Crippen molar-refractivity contribution < 1.29 is 9.90 Å². The van der Waals surface area contributed by atoms with Crippen molar-refractivity contribution in [2.75, 3.05) is 20.1 Å². The van der Waals surface area contributed by atoms with Crippen LogP contribution in [0, 0.1) is 0 Å². The topological polar surface area (TPSA) is 43.8 Å². The standard InChI is InChI=1S/C14H28N2O2/c1-11-7-6-8-12(2)16(11)13(17)9-15(5)10-14(3,4)18/h11-12,18H,6-10H2,1-5H3/t11-,12-/m0/s1. The summed E-state index contributed by atoms with van der Waals surface area (Å²) >= 11 is 0. The first-order chi connectivity index (χ1) is 8.20. The first-order valence-electron chi connectivity index (χ1n) is 6.93. The van der Waals surface area contributed by atoms with Gasteiger partial charge in [0.25, 0.3) is 0 Å². The Bertz CT molecular complexity index is 276. The quantitative estimate of drug-likeness (QED) is 0.828. The lowest BCUT2D eigenvalue weighted by molar-refractivity contribution is -0.138. The molecule has 0 aromatic rings. The fourth-order valence-electron chi connectivity index (χ4n) is 2.94. The van der Waals surface area contributed by atoms with Crippen LogP contribution in [0.2, 0.25) is 0 Å². The van der Waals surface area contributed by atoms with Crippen molar-refractivity contribution >= 4 is 5.91 Å². The van der Waals surface area contributed by atoms with Crippen LogP contribution in [0.15, 0.2) is 0 Å². The smallest absolute Gasteiger partial charge is 0.237 e. The second kappa shape index (κ2) is 6.02. The van der Waals surface area contributed by atoms with Crippen LogP contribution >= 0.6 is 0 Å². The summed E-state index contributed by atoms with van der Waals surface area (Å²) < 4.78 is 0. The van der Waals surface area contributed by atoms with Crippen LogP contribution in [0.5, 0.6) is 0 Å². The number of likely N-dealkylation sites (N-methyl/N-ethyl adjacent to an activating group) is 1. The van der Waals surface area contributed by atoms with Gasteiger partial charge in [0.1, 0.15) is 0 Å². The minimum Gasteiger partial charge on any atom is -0.389 e. The molecule has 0 bridgehead atoms. The normalized spacial score (nSPS) is 25.6. The molecule has 1 fully saturated rings. The molecule has 1 rings (SSSR count). The summed E-state index contributed by atoms with van der Waals surface area (Å²) in [6, 6.07) is 0.688. The fourth-order valence-corrected chi connectivity index (χ4v) is 2.94. The molecule has 1 saturated heterocycles. The van der Waals surface area contributed by atoms with Gasteiger partial charge in [-0.05, 0) is 54.0 Å². The summed E-state index contributed by atoms with van der Waals surface area (Å²) in [5.41, 5.74) is -0.756. The van der Waals surface area contributed by atoms with Crippen LogP contribution in [0.3, 0.4) is 0 Å². The van der Waals surface area contributed by atoms with E-state index in [-0.39, 0.29) is 5.91 Å².